The van der Waals surface area contributed by atoms with Gasteiger partial charge in [-0.3, -0.25) is 10.3 Å². The second-order valence-electron chi connectivity index (χ2n) is 5.65. The van der Waals surface area contributed by atoms with Gasteiger partial charge in [0.1, 0.15) is 16.7 Å². The number of rotatable bonds is 3. The van der Waals surface area contributed by atoms with Crippen molar-refractivity contribution in [3.05, 3.63) is 22.3 Å². The molecule has 2 rings (SSSR count). The van der Waals surface area contributed by atoms with Gasteiger partial charge >= 0.3 is 12.1 Å². The summed E-state index contributed by atoms with van der Waals surface area (Å²) in [4.78, 5) is 28.2. The number of ether oxygens (including phenoxy) is 2. The normalized spacial score (nSPS) is 11.3. The molecule has 0 fully saturated rings. The van der Waals surface area contributed by atoms with E-state index >= 15 is 0 Å². The highest BCUT2D eigenvalue weighted by Crippen LogP contribution is 2.31. The van der Waals surface area contributed by atoms with E-state index in [2.05, 4.69) is 26.2 Å². The summed E-state index contributed by atoms with van der Waals surface area (Å²) in [5.41, 5.74) is 0.0213. The lowest BCUT2D eigenvalue weighted by atomic mass is 10.2. The fraction of sp³-hybridized carbons (Fsp3) is 0.400. The maximum atomic E-state index is 12.2. The number of halogens is 1. The van der Waals surface area contributed by atoms with Crippen LogP contribution in [-0.2, 0) is 9.47 Å². The molecule has 0 unspecified atom stereocenters. The van der Waals surface area contributed by atoms with Crippen molar-refractivity contribution in [1.82, 2.24) is 4.98 Å². The van der Waals surface area contributed by atoms with Gasteiger partial charge < -0.3 is 13.9 Å². The number of esters is 1. The van der Waals surface area contributed by atoms with Crippen LogP contribution < -0.4 is 5.32 Å². The van der Waals surface area contributed by atoms with Gasteiger partial charge in [0.25, 0.3) is 0 Å². The largest absolute Gasteiger partial charge is 0.462 e. The molecule has 0 bridgehead atoms. The van der Waals surface area contributed by atoms with Gasteiger partial charge in [0.2, 0.25) is 5.88 Å². The smallest absolute Gasteiger partial charge is 0.414 e. The number of nitrogens with zero attached hydrogens (tertiary/aromatic N) is 1. The molecule has 8 heteroatoms. The zero-order valence-corrected chi connectivity index (χ0v) is 14.8. The molecule has 0 aromatic carbocycles. The van der Waals surface area contributed by atoms with Crippen molar-refractivity contribution in [2.75, 3.05) is 11.9 Å². The van der Waals surface area contributed by atoms with Gasteiger partial charge in [-0.25, -0.2) is 9.59 Å². The molecule has 0 radical (unpaired) electrons. The number of pyridine rings is 1. The zero-order chi connectivity index (χ0) is 17.2. The number of hydrogen-bond donors (Lipinski definition) is 1. The summed E-state index contributed by atoms with van der Waals surface area (Å²) in [5.74, 6) is -0.689. The van der Waals surface area contributed by atoms with Crippen molar-refractivity contribution < 1.29 is 23.5 Å². The Morgan fingerprint density at radius 2 is 2.09 bits per heavy atom. The highest BCUT2D eigenvalue weighted by Gasteiger charge is 2.26. The molecular formula is C15H17BrN2O5. The van der Waals surface area contributed by atoms with E-state index in [0.29, 0.717) is 15.6 Å². The monoisotopic (exact) mass is 384 g/mol. The number of nitrogens with one attached hydrogen (secondary N) is 1. The molecular weight excluding hydrogens is 368 g/mol. The van der Waals surface area contributed by atoms with Gasteiger partial charge in [-0.15, -0.1) is 0 Å². The number of anilines is 1. The third-order valence-electron chi connectivity index (χ3n) is 2.59. The first kappa shape index (κ1) is 17.3. The first-order valence-electron chi connectivity index (χ1n) is 6.96. The molecule has 7 nitrogen and oxygen atoms in total. The van der Waals surface area contributed by atoms with Gasteiger partial charge in [0.05, 0.1) is 6.61 Å². The maximum Gasteiger partial charge on any atom is 0.414 e. The van der Waals surface area contributed by atoms with Crippen LogP contribution in [0.15, 0.2) is 21.2 Å². The number of fused-ring (bicyclic) bond motifs is 1. The van der Waals surface area contributed by atoms with Gasteiger partial charge in [0.15, 0.2) is 5.58 Å². The van der Waals surface area contributed by atoms with Crippen molar-refractivity contribution in [2.24, 2.45) is 0 Å². The Morgan fingerprint density at radius 1 is 1.39 bits per heavy atom. The van der Waals surface area contributed by atoms with E-state index in [1.807, 2.05) is 0 Å². The SMILES string of the molecule is CCOC(=O)c1c(NC(=O)OC(C)(C)C)oc2cc(Br)cnc12. The molecule has 23 heavy (non-hydrogen) atoms. The van der Waals surface area contributed by atoms with Crippen LogP contribution in [0.2, 0.25) is 0 Å². The van der Waals surface area contributed by atoms with Crippen molar-refractivity contribution in [3.63, 3.8) is 0 Å². The number of hydrogen-bond acceptors (Lipinski definition) is 6. The Kier molecular flexibility index (Phi) is 4.93. The van der Waals surface area contributed by atoms with Crippen LogP contribution in [0.4, 0.5) is 10.7 Å². The standard InChI is InChI=1S/C15H17BrN2O5/c1-5-21-13(19)10-11-9(6-8(16)7-17-11)22-12(10)18-14(20)23-15(2,3)4/h6-7H,5H2,1-4H3,(H,18,20). The van der Waals surface area contributed by atoms with E-state index in [4.69, 9.17) is 13.9 Å². The van der Waals surface area contributed by atoms with Gasteiger partial charge in [-0.05, 0) is 49.7 Å². The number of carbonyl (C=O) groups is 2. The maximum absolute atomic E-state index is 12.2. The van der Waals surface area contributed by atoms with Crippen LogP contribution in [0.1, 0.15) is 38.1 Å². The highest BCUT2D eigenvalue weighted by atomic mass is 79.9. The van der Waals surface area contributed by atoms with E-state index in [9.17, 15) is 9.59 Å². The summed E-state index contributed by atoms with van der Waals surface area (Å²) < 4.78 is 16.4. The molecule has 2 aromatic rings. The average Bonchev–Trinajstić information content (AvgIpc) is 2.73. The predicted molar refractivity (Wildman–Crippen MR) is 87.5 cm³/mol. The summed E-state index contributed by atoms with van der Waals surface area (Å²) in [6.07, 6.45) is 0.791. The van der Waals surface area contributed by atoms with Crippen molar-refractivity contribution >= 4 is 45.0 Å². The molecule has 0 saturated heterocycles. The second kappa shape index (κ2) is 6.57. The summed E-state index contributed by atoms with van der Waals surface area (Å²) in [6.45, 7) is 7.07. The minimum atomic E-state index is -0.735. The molecule has 0 saturated carbocycles. The number of amides is 1. The fourth-order valence-corrected chi connectivity index (χ4v) is 2.14. The first-order chi connectivity index (χ1) is 10.7. The van der Waals surface area contributed by atoms with Crippen LogP contribution in [0, 0.1) is 0 Å². The number of furan rings is 1. The molecule has 0 aliphatic rings. The predicted octanol–water partition coefficient (Wildman–Crippen LogP) is 4.11. The third kappa shape index (κ3) is 4.22. The van der Waals surface area contributed by atoms with Crippen molar-refractivity contribution in [3.8, 4) is 0 Å². The van der Waals surface area contributed by atoms with Crippen LogP contribution in [-0.4, -0.2) is 29.3 Å². The lowest BCUT2D eigenvalue weighted by molar-refractivity contribution is 0.0529. The zero-order valence-electron chi connectivity index (χ0n) is 13.2. The fourth-order valence-electron chi connectivity index (χ4n) is 1.83. The summed E-state index contributed by atoms with van der Waals surface area (Å²) in [7, 11) is 0. The quantitative estimate of drug-likeness (QED) is 0.800. The Hall–Kier alpha value is -2.09. The Balaban J connectivity index is 2.43. The van der Waals surface area contributed by atoms with Crippen LogP contribution in [0.3, 0.4) is 0 Å². The Morgan fingerprint density at radius 3 is 2.70 bits per heavy atom. The number of carbonyl (C=O) groups excluding carboxylic acids is 2. The molecule has 2 aromatic heterocycles. The van der Waals surface area contributed by atoms with Gasteiger partial charge in [-0.1, -0.05) is 0 Å². The van der Waals surface area contributed by atoms with E-state index in [1.165, 1.54) is 6.20 Å². The molecule has 124 valence electrons. The van der Waals surface area contributed by atoms with Gasteiger partial charge in [0, 0.05) is 10.7 Å². The molecule has 0 aliphatic carbocycles. The Labute approximate surface area is 141 Å². The minimum absolute atomic E-state index is 0.0557. The number of aromatic nitrogens is 1. The van der Waals surface area contributed by atoms with Crippen molar-refractivity contribution in [1.29, 1.82) is 0 Å². The van der Waals surface area contributed by atoms with E-state index in [1.54, 1.807) is 33.8 Å². The topological polar surface area (TPSA) is 90.7 Å². The Bertz CT molecular complexity index is 748. The lowest BCUT2D eigenvalue weighted by Crippen LogP contribution is -2.27. The second-order valence-corrected chi connectivity index (χ2v) is 6.57. The van der Waals surface area contributed by atoms with Crippen LogP contribution >= 0.6 is 15.9 Å². The third-order valence-corrected chi connectivity index (χ3v) is 3.02. The molecule has 1 amide bonds. The van der Waals surface area contributed by atoms with Crippen molar-refractivity contribution in [2.45, 2.75) is 33.3 Å². The van der Waals surface area contributed by atoms with Crippen LogP contribution in [0.25, 0.3) is 11.1 Å². The van der Waals surface area contributed by atoms with E-state index in [-0.39, 0.29) is 18.1 Å². The minimum Gasteiger partial charge on any atom is -0.462 e. The van der Waals surface area contributed by atoms with Crippen LogP contribution in [0.5, 0.6) is 0 Å². The molecule has 0 spiro atoms. The highest BCUT2D eigenvalue weighted by molar-refractivity contribution is 9.10. The molecule has 0 aliphatic heterocycles. The summed E-state index contributed by atoms with van der Waals surface area (Å²) >= 11 is 3.27. The average molecular weight is 385 g/mol. The van der Waals surface area contributed by atoms with Gasteiger partial charge in [-0.2, -0.15) is 0 Å². The molecule has 1 N–H and O–H groups in total. The summed E-state index contributed by atoms with van der Waals surface area (Å²) in [5, 5.41) is 2.43. The lowest BCUT2D eigenvalue weighted by Gasteiger charge is -2.19. The summed E-state index contributed by atoms with van der Waals surface area (Å²) in [6, 6.07) is 1.64. The molecule has 2 heterocycles. The first-order valence-corrected chi connectivity index (χ1v) is 7.75. The van der Waals surface area contributed by atoms with E-state index in [0.717, 1.165) is 0 Å². The molecule has 0 atom stereocenters. The van der Waals surface area contributed by atoms with E-state index < -0.39 is 17.7 Å².